The van der Waals surface area contributed by atoms with Crippen molar-refractivity contribution >= 4 is 34.6 Å². The fourth-order valence-corrected chi connectivity index (χ4v) is 2.97. The van der Waals surface area contributed by atoms with Crippen molar-refractivity contribution in [1.82, 2.24) is 10.3 Å². The van der Waals surface area contributed by atoms with E-state index in [1.165, 1.54) is 13.0 Å². The molecule has 6 heteroatoms. The van der Waals surface area contributed by atoms with Crippen molar-refractivity contribution in [1.29, 1.82) is 0 Å². The van der Waals surface area contributed by atoms with E-state index in [1.807, 2.05) is 42.5 Å². The number of fused-ring (bicyclic) bond motifs is 1. The lowest BCUT2D eigenvalue weighted by Gasteiger charge is -2.09. The quantitative estimate of drug-likeness (QED) is 0.392. The first-order valence-corrected chi connectivity index (χ1v) is 8.77. The van der Waals surface area contributed by atoms with Crippen LogP contribution in [0.25, 0.3) is 17.0 Å². The lowest BCUT2D eigenvalue weighted by molar-refractivity contribution is -0.139. The van der Waals surface area contributed by atoms with Crippen LogP contribution in [0.5, 0.6) is 0 Å². The van der Waals surface area contributed by atoms with Crippen molar-refractivity contribution in [3.8, 4) is 0 Å². The van der Waals surface area contributed by atoms with Crippen molar-refractivity contribution in [3.63, 3.8) is 0 Å². The maximum absolute atomic E-state index is 12.6. The molecule has 0 spiro atoms. The summed E-state index contributed by atoms with van der Waals surface area (Å²) in [7, 11) is 0. The van der Waals surface area contributed by atoms with Crippen LogP contribution in [0.2, 0.25) is 0 Å². The van der Waals surface area contributed by atoms with Gasteiger partial charge in [-0.2, -0.15) is 0 Å². The molecule has 28 heavy (non-hydrogen) atoms. The van der Waals surface area contributed by atoms with E-state index >= 15 is 0 Å². The smallest absolute Gasteiger partial charge is 0.355 e. The van der Waals surface area contributed by atoms with E-state index in [4.69, 9.17) is 4.74 Å². The Morgan fingerprint density at radius 1 is 1.04 bits per heavy atom. The highest BCUT2D eigenvalue weighted by atomic mass is 16.5. The molecule has 0 unspecified atom stereocenters. The molecule has 1 amide bonds. The van der Waals surface area contributed by atoms with E-state index in [0.29, 0.717) is 11.3 Å². The molecule has 0 aliphatic carbocycles. The van der Waals surface area contributed by atoms with Crippen molar-refractivity contribution in [2.75, 3.05) is 6.61 Å². The number of aromatic amines is 1. The summed E-state index contributed by atoms with van der Waals surface area (Å²) in [6.45, 7) is 2.67. The minimum absolute atomic E-state index is 0.0258. The van der Waals surface area contributed by atoms with Gasteiger partial charge in [0.05, 0.1) is 0 Å². The highest BCUT2D eigenvalue weighted by Crippen LogP contribution is 2.22. The fraction of sp³-hybridized carbons (Fsp3) is 0.136. The number of ether oxygens (including phenoxy) is 1. The lowest BCUT2D eigenvalue weighted by atomic mass is 10.1. The molecule has 0 aliphatic rings. The SMILES string of the molecule is CC(=O)N/C(=C\c1ccccc1)C(=O)OCC(=O)c1c(C)[nH]c2ccccc12. The fourth-order valence-electron chi connectivity index (χ4n) is 2.97. The van der Waals surface area contributed by atoms with Crippen molar-refractivity contribution < 1.29 is 19.1 Å². The van der Waals surface area contributed by atoms with Gasteiger partial charge in [-0.1, -0.05) is 48.5 Å². The Bertz CT molecular complexity index is 1060. The van der Waals surface area contributed by atoms with Gasteiger partial charge in [0.2, 0.25) is 11.7 Å². The number of aryl methyl sites for hydroxylation is 1. The number of H-pyrrole nitrogens is 1. The summed E-state index contributed by atoms with van der Waals surface area (Å²) in [5.74, 6) is -1.49. The molecular formula is C22H20N2O4. The maximum Gasteiger partial charge on any atom is 0.355 e. The van der Waals surface area contributed by atoms with E-state index < -0.39 is 18.5 Å². The lowest BCUT2D eigenvalue weighted by Crippen LogP contribution is -2.27. The van der Waals surface area contributed by atoms with Crippen LogP contribution in [-0.2, 0) is 14.3 Å². The second-order valence-corrected chi connectivity index (χ2v) is 6.32. The number of carbonyl (C=O) groups excluding carboxylic acids is 3. The standard InChI is InChI=1S/C22H20N2O4/c1-14-21(17-10-6-7-11-18(17)23-14)20(26)13-28-22(27)19(24-15(2)25)12-16-8-4-3-5-9-16/h3-12,23H,13H2,1-2H3,(H,24,25)/b19-12-. The third-order valence-electron chi connectivity index (χ3n) is 4.15. The third-order valence-corrected chi connectivity index (χ3v) is 4.15. The molecule has 6 nitrogen and oxygen atoms in total. The first kappa shape index (κ1) is 19.1. The number of carbonyl (C=O) groups is 3. The average Bonchev–Trinajstić information content (AvgIpc) is 3.01. The van der Waals surface area contributed by atoms with E-state index in [0.717, 1.165) is 16.5 Å². The van der Waals surface area contributed by atoms with Gasteiger partial charge < -0.3 is 15.0 Å². The van der Waals surface area contributed by atoms with Gasteiger partial charge in [0.15, 0.2) is 6.61 Å². The summed E-state index contributed by atoms with van der Waals surface area (Å²) in [6, 6.07) is 16.5. The maximum atomic E-state index is 12.6. The van der Waals surface area contributed by atoms with Crippen molar-refractivity contribution in [3.05, 3.63) is 77.1 Å². The van der Waals surface area contributed by atoms with Gasteiger partial charge in [-0.15, -0.1) is 0 Å². The van der Waals surface area contributed by atoms with E-state index in [9.17, 15) is 14.4 Å². The predicted molar refractivity (Wildman–Crippen MR) is 107 cm³/mol. The van der Waals surface area contributed by atoms with Crippen molar-refractivity contribution in [2.24, 2.45) is 0 Å². The zero-order valence-corrected chi connectivity index (χ0v) is 15.6. The van der Waals surface area contributed by atoms with Gasteiger partial charge in [-0.05, 0) is 24.6 Å². The molecule has 142 valence electrons. The monoisotopic (exact) mass is 376 g/mol. The predicted octanol–water partition coefficient (Wildman–Crippen LogP) is 3.38. The number of rotatable bonds is 6. The van der Waals surface area contributed by atoms with Crippen LogP contribution in [-0.4, -0.2) is 29.3 Å². The summed E-state index contributed by atoms with van der Waals surface area (Å²) in [6.07, 6.45) is 1.51. The molecule has 2 aromatic carbocycles. The third kappa shape index (κ3) is 4.35. The number of nitrogens with one attached hydrogen (secondary N) is 2. The molecule has 2 N–H and O–H groups in total. The van der Waals surface area contributed by atoms with Gasteiger partial charge in [0.1, 0.15) is 5.70 Å². The minimum Gasteiger partial charge on any atom is -0.453 e. The number of amides is 1. The Hall–Kier alpha value is -3.67. The van der Waals surface area contributed by atoms with Gasteiger partial charge in [0.25, 0.3) is 0 Å². The van der Waals surface area contributed by atoms with E-state index in [1.54, 1.807) is 19.1 Å². The van der Waals surface area contributed by atoms with Gasteiger partial charge in [-0.25, -0.2) is 4.79 Å². The number of Topliss-reactive ketones (excluding diaryl/α,β-unsaturated/α-hetero) is 1. The molecule has 0 radical (unpaired) electrons. The molecule has 0 bridgehead atoms. The highest BCUT2D eigenvalue weighted by Gasteiger charge is 2.19. The van der Waals surface area contributed by atoms with Gasteiger partial charge >= 0.3 is 5.97 Å². The number of hydrogen-bond donors (Lipinski definition) is 2. The number of esters is 1. The van der Waals surface area contributed by atoms with Crippen LogP contribution < -0.4 is 5.32 Å². The highest BCUT2D eigenvalue weighted by molar-refractivity contribution is 6.10. The Kier molecular flexibility index (Phi) is 5.69. The van der Waals surface area contributed by atoms with Crippen LogP contribution in [0.3, 0.4) is 0 Å². The second-order valence-electron chi connectivity index (χ2n) is 6.32. The molecule has 3 aromatic rings. The molecule has 1 aromatic heterocycles. The van der Waals surface area contributed by atoms with Crippen LogP contribution in [0.4, 0.5) is 0 Å². The van der Waals surface area contributed by atoms with Crippen LogP contribution in [0.1, 0.15) is 28.5 Å². The number of hydrogen-bond acceptors (Lipinski definition) is 4. The molecule has 3 rings (SSSR count). The zero-order valence-electron chi connectivity index (χ0n) is 15.6. The normalized spacial score (nSPS) is 11.3. The number of para-hydroxylation sites is 1. The second kappa shape index (κ2) is 8.35. The Labute approximate surface area is 162 Å². The molecule has 0 saturated heterocycles. The molecule has 1 heterocycles. The van der Waals surface area contributed by atoms with Crippen molar-refractivity contribution in [2.45, 2.75) is 13.8 Å². The Morgan fingerprint density at radius 2 is 1.71 bits per heavy atom. The van der Waals surface area contributed by atoms with Crippen LogP contribution in [0, 0.1) is 6.92 Å². The summed E-state index contributed by atoms with van der Waals surface area (Å²) in [4.78, 5) is 39.7. The van der Waals surface area contributed by atoms with E-state index in [-0.39, 0.29) is 11.5 Å². The van der Waals surface area contributed by atoms with Crippen LogP contribution in [0.15, 0.2) is 60.3 Å². The molecule has 0 atom stereocenters. The summed E-state index contributed by atoms with van der Waals surface area (Å²) < 4.78 is 5.18. The molecular weight excluding hydrogens is 356 g/mol. The summed E-state index contributed by atoms with van der Waals surface area (Å²) in [5.41, 5.74) is 2.75. The summed E-state index contributed by atoms with van der Waals surface area (Å²) in [5, 5.41) is 3.24. The number of aromatic nitrogens is 1. The number of benzene rings is 2. The largest absolute Gasteiger partial charge is 0.453 e. The molecule has 0 aliphatic heterocycles. The minimum atomic E-state index is -0.773. The average molecular weight is 376 g/mol. The summed E-state index contributed by atoms with van der Waals surface area (Å²) >= 11 is 0. The first-order chi connectivity index (χ1) is 13.5. The number of ketones is 1. The van der Waals surface area contributed by atoms with E-state index in [2.05, 4.69) is 10.3 Å². The Morgan fingerprint density at radius 3 is 2.43 bits per heavy atom. The van der Waals surface area contributed by atoms with Crippen LogP contribution >= 0.6 is 0 Å². The molecule has 0 fully saturated rings. The van der Waals surface area contributed by atoms with Gasteiger partial charge in [0, 0.05) is 29.1 Å². The molecule has 0 saturated carbocycles. The Balaban J connectivity index is 1.77. The topological polar surface area (TPSA) is 88.3 Å². The first-order valence-electron chi connectivity index (χ1n) is 8.77. The van der Waals surface area contributed by atoms with Gasteiger partial charge in [-0.3, -0.25) is 9.59 Å². The zero-order chi connectivity index (χ0) is 20.1.